The van der Waals surface area contributed by atoms with Crippen LogP contribution in [0, 0.1) is 5.82 Å². The van der Waals surface area contributed by atoms with Crippen molar-refractivity contribution >= 4 is 27.9 Å². The summed E-state index contributed by atoms with van der Waals surface area (Å²) in [7, 11) is 1.64. The minimum absolute atomic E-state index is 0.0401. The molecule has 0 radical (unpaired) electrons. The van der Waals surface area contributed by atoms with Gasteiger partial charge < -0.3 is 5.11 Å². The average molecular weight is 377 g/mol. The van der Waals surface area contributed by atoms with Crippen molar-refractivity contribution in [1.29, 1.82) is 0 Å². The van der Waals surface area contributed by atoms with Crippen molar-refractivity contribution in [3.8, 4) is 5.69 Å². The highest BCUT2D eigenvalue weighted by Crippen LogP contribution is 2.35. The first kappa shape index (κ1) is 17.1. The first-order chi connectivity index (χ1) is 12.7. The molecule has 0 atom stereocenters. The zero-order valence-corrected chi connectivity index (χ0v) is 13.8. The minimum atomic E-state index is -4.66. The molecule has 0 amide bonds. The van der Waals surface area contributed by atoms with Gasteiger partial charge in [0, 0.05) is 24.0 Å². The maximum absolute atomic E-state index is 14.6. The molecule has 2 aromatic heterocycles. The molecule has 2 aromatic carbocycles. The standard InChI is InChI=1S/C18H11F4N3O2/c1-24-8-12-11-6-9(17(26)27)2-4-14(11)25(16(12)23-24)15-5-3-10(7-13(15)19)18(20,21)22/h2-8H,1H3,(H,26,27). The molecule has 4 rings (SSSR count). The number of carboxylic acids is 1. The highest BCUT2D eigenvalue weighted by Gasteiger charge is 2.31. The quantitative estimate of drug-likeness (QED) is 0.528. The SMILES string of the molecule is Cn1cc2c3cc(C(=O)O)ccc3n(-c3ccc(C(F)(F)F)cc3F)c2n1. The third kappa shape index (κ3) is 2.62. The van der Waals surface area contributed by atoms with Crippen molar-refractivity contribution in [2.75, 3.05) is 0 Å². The Balaban J connectivity index is 2.05. The molecule has 4 aromatic rings. The molecular formula is C18H11F4N3O2. The van der Waals surface area contributed by atoms with Crippen LogP contribution in [0.25, 0.3) is 27.6 Å². The van der Waals surface area contributed by atoms with Gasteiger partial charge in [-0.15, -0.1) is 0 Å². The minimum Gasteiger partial charge on any atom is -0.478 e. The lowest BCUT2D eigenvalue weighted by Crippen LogP contribution is -2.07. The fourth-order valence-electron chi connectivity index (χ4n) is 3.13. The maximum atomic E-state index is 14.6. The zero-order chi connectivity index (χ0) is 19.5. The van der Waals surface area contributed by atoms with Crippen LogP contribution in [0.3, 0.4) is 0 Å². The lowest BCUT2D eigenvalue weighted by Gasteiger charge is -2.11. The molecule has 0 fully saturated rings. The van der Waals surface area contributed by atoms with Gasteiger partial charge in [-0.2, -0.15) is 18.3 Å². The number of benzene rings is 2. The molecule has 0 saturated heterocycles. The van der Waals surface area contributed by atoms with Crippen LogP contribution < -0.4 is 0 Å². The topological polar surface area (TPSA) is 60.1 Å². The van der Waals surface area contributed by atoms with E-state index < -0.39 is 23.5 Å². The Morgan fingerprint density at radius 1 is 1.11 bits per heavy atom. The number of carboxylic acid groups (broad SMARTS) is 1. The van der Waals surface area contributed by atoms with E-state index in [0.29, 0.717) is 28.0 Å². The molecule has 5 nitrogen and oxygen atoms in total. The summed E-state index contributed by atoms with van der Waals surface area (Å²) < 4.78 is 55.9. The summed E-state index contributed by atoms with van der Waals surface area (Å²) in [5.41, 5.74) is -0.404. The lowest BCUT2D eigenvalue weighted by molar-refractivity contribution is -0.137. The molecule has 0 spiro atoms. The van der Waals surface area contributed by atoms with Gasteiger partial charge in [0.15, 0.2) is 5.65 Å². The molecule has 9 heteroatoms. The summed E-state index contributed by atoms with van der Waals surface area (Å²) >= 11 is 0. The van der Waals surface area contributed by atoms with E-state index in [1.54, 1.807) is 13.2 Å². The molecule has 0 saturated carbocycles. The molecule has 27 heavy (non-hydrogen) atoms. The van der Waals surface area contributed by atoms with Gasteiger partial charge in [0.05, 0.1) is 22.3 Å². The molecule has 0 aliphatic carbocycles. The predicted molar refractivity (Wildman–Crippen MR) is 89.5 cm³/mol. The number of rotatable bonds is 2. The van der Waals surface area contributed by atoms with Crippen LogP contribution in [0.2, 0.25) is 0 Å². The average Bonchev–Trinajstić information content (AvgIpc) is 3.09. The summed E-state index contributed by atoms with van der Waals surface area (Å²) in [4.78, 5) is 11.3. The summed E-state index contributed by atoms with van der Waals surface area (Å²) in [6, 6.07) is 6.53. The van der Waals surface area contributed by atoms with Crippen LogP contribution in [0.4, 0.5) is 17.6 Å². The Bertz CT molecular complexity index is 1220. The predicted octanol–water partition coefficient (Wildman–Crippen LogP) is 4.37. The van der Waals surface area contributed by atoms with Gasteiger partial charge in [-0.05, 0) is 36.4 Å². The molecule has 0 bridgehead atoms. The highest BCUT2D eigenvalue weighted by molar-refractivity contribution is 6.09. The molecule has 0 aliphatic heterocycles. The molecule has 2 heterocycles. The number of hydrogen-bond acceptors (Lipinski definition) is 2. The van der Waals surface area contributed by atoms with Crippen molar-refractivity contribution < 1.29 is 27.5 Å². The third-order valence-electron chi connectivity index (χ3n) is 4.31. The van der Waals surface area contributed by atoms with Crippen molar-refractivity contribution in [3.05, 3.63) is 59.5 Å². The van der Waals surface area contributed by atoms with Gasteiger partial charge in [0.25, 0.3) is 0 Å². The van der Waals surface area contributed by atoms with Crippen LogP contribution in [-0.2, 0) is 13.2 Å². The van der Waals surface area contributed by atoms with Crippen LogP contribution in [-0.4, -0.2) is 25.4 Å². The lowest BCUT2D eigenvalue weighted by atomic mass is 10.1. The summed E-state index contributed by atoms with van der Waals surface area (Å²) in [6.07, 6.45) is -3.02. The number of aromatic carboxylic acids is 1. The summed E-state index contributed by atoms with van der Waals surface area (Å²) in [5, 5.41) is 14.5. The largest absolute Gasteiger partial charge is 0.478 e. The number of aryl methyl sites for hydroxylation is 1. The van der Waals surface area contributed by atoms with E-state index in [1.807, 2.05) is 0 Å². The van der Waals surface area contributed by atoms with Gasteiger partial charge in [-0.25, -0.2) is 9.18 Å². The molecule has 0 unspecified atom stereocenters. The normalized spacial score (nSPS) is 12.2. The van der Waals surface area contributed by atoms with Crippen molar-refractivity contribution in [2.24, 2.45) is 7.05 Å². The van der Waals surface area contributed by atoms with E-state index in [9.17, 15) is 27.5 Å². The van der Waals surface area contributed by atoms with E-state index >= 15 is 0 Å². The van der Waals surface area contributed by atoms with E-state index in [1.165, 1.54) is 27.4 Å². The number of nitrogens with zero attached hydrogens (tertiary/aromatic N) is 3. The molecule has 138 valence electrons. The van der Waals surface area contributed by atoms with Gasteiger partial charge in [0.2, 0.25) is 0 Å². The van der Waals surface area contributed by atoms with Gasteiger partial charge in [0.1, 0.15) is 5.82 Å². The second-order valence-electron chi connectivity index (χ2n) is 6.08. The second kappa shape index (κ2) is 5.57. The summed E-state index contributed by atoms with van der Waals surface area (Å²) in [5.74, 6) is -2.18. The number of fused-ring (bicyclic) bond motifs is 3. The number of hydrogen-bond donors (Lipinski definition) is 1. The summed E-state index contributed by atoms with van der Waals surface area (Å²) in [6.45, 7) is 0. The number of halogens is 4. The smallest absolute Gasteiger partial charge is 0.416 e. The first-order valence-corrected chi connectivity index (χ1v) is 7.75. The Morgan fingerprint density at radius 3 is 2.48 bits per heavy atom. The Morgan fingerprint density at radius 2 is 1.85 bits per heavy atom. The monoisotopic (exact) mass is 377 g/mol. The fraction of sp³-hybridized carbons (Fsp3) is 0.111. The van der Waals surface area contributed by atoms with Crippen LogP contribution in [0.5, 0.6) is 0 Å². The first-order valence-electron chi connectivity index (χ1n) is 7.75. The molecule has 0 aliphatic rings. The Hall–Kier alpha value is -3.36. The Kier molecular flexibility index (Phi) is 3.52. The van der Waals surface area contributed by atoms with Gasteiger partial charge in [-0.1, -0.05) is 0 Å². The van der Waals surface area contributed by atoms with Gasteiger partial charge >= 0.3 is 12.1 Å². The van der Waals surface area contributed by atoms with E-state index in [4.69, 9.17) is 0 Å². The van der Waals surface area contributed by atoms with E-state index in [0.717, 1.165) is 12.1 Å². The number of aromatic nitrogens is 3. The van der Waals surface area contributed by atoms with Crippen molar-refractivity contribution in [2.45, 2.75) is 6.18 Å². The number of carbonyl (C=O) groups is 1. The van der Waals surface area contributed by atoms with Crippen LogP contribution in [0.1, 0.15) is 15.9 Å². The number of alkyl halides is 3. The molecule has 1 N–H and O–H groups in total. The van der Waals surface area contributed by atoms with Gasteiger partial charge in [-0.3, -0.25) is 9.25 Å². The van der Waals surface area contributed by atoms with E-state index in [2.05, 4.69) is 5.10 Å². The van der Waals surface area contributed by atoms with Crippen LogP contribution in [0.15, 0.2) is 42.6 Å². The fourth-order valence-corrected chi connectivity index (χ4v) is 3.13. The van der Waals surface area contributed by atoms with Crippen LogP contribution >= 0.6 is 0 Å². The third-order valence-corrected chi connectivity index (χ3v) is 4.31. The van der Waals surface area contributed by atoms with Crippen molar-refractivity contribution in [3.63, 3.8) is 0 Å². The molecular weight excluding hydrogens is 366 g/mol. The second-order valence-corrected chi connectivity index (χ2v) is 6.08. The zero-order valence-electron chi connectivity index (χ0n) is 13.8. The highest BCUT2D eigenvalue weighted by atomic mass is 19.4. The maximum Gasteiger partial charge on any atom is 0.416 e. The van der Waals surface area contributed by atoms with Crippen molar-refractivity contribution in [1.82, 2.24) is 14.3 Å². The van der Waals surface area contributed by atoms with E-state index in [-0.39, 0.29) is 11.3 Å². The Labute approximate surface area is 149 Å².